The van der Waals surface area contributed by atoms with Crippen LogP contribution in [0.15, 0.2) is 54.6 Å². The van der Waals surface area contributed by atoms with E-state index in [2.05, 4.69) is 11.6 Å². The van der Waals surface area contributed by atoms with Gasteiger partial charge in [0, 0.05) is 5.56 Å². The number of thiazole rings is 1. The van der Waals surface area contributed by atoms with Crippen molar-refractivity contribution < 1.29 is 33.7 Å². The van der Waals surface area contributed by atoms with Crippen molar-refractivity contribution in [1.29, 1.82) is 0 Å². The van der Waals surface area contributed by atoms with Crippen molar-refractivity contribution in [3.05, 3.63) is 87.5 Å². The van der Waals surface area contributed by atoms with Gasteiger partial charge in [-0.05, 0) is 57.0 Å². The molecule has 0 spiro atoms. The second kappa shape index (κ2) is 11.7. The highest BCUT2D eigenvalue weighted by Crippen LogP contribution is 2.45. The van der Waals surface area contributed by atoms with Crippen molar-refractivity contribution in [2.45, 2.75) is 33.7 Å². The molecule has 2 aromatic carbocycles. The largest absolute Gasteiger partial charge is 0.507 e. The number of Topliss-reactive ketones (excluding diaryl/α,β-unsaturated/α-hetero) is 1. The number of methoxy groups -OCH3 is 1. The van der Waals surface area contributed by atoms with E-state index < -0.39 is 23.7 Å². The highest BCUT2D eigenvalue weighted by atomic mass is 32.1. The molecule has 1 amide bonds. The third-order valence-corrected chi connectivity index (χ3v) is 7.54. The van der Waals surface area contributed by atoms with Gasteiger partial charge in [-0.15, -0.1) is 0 Å². The van der Waals surface area contributed by atoms with E-state index in [1.807, 2.05) is 32.9 Å². The summed E-state index contributed by atoms with van der Waals surface area (Å²) in [5.41, 5.74) is 2.76. The van der Waals surface area contributed by atoms with Crippen LogP contribution in [0, 0.1) is 20.8 Å². The Bertz CT molecular complexity index is 1540. The van der Waals surface area contributed by atoms with Gasteiger partial charge in [-0.25, -0.2) is 9.78 Å². The average molecular weight is 563 g/mol. The number of hydrogen-bond acceptors (Lipinski definition) is 9. The van der Waals surface area contributed by atoms with E-state index in [1.165, 1.54) is 18.1 Å². The maximum atomic E-state index is 13.6. The predicted molar refractivity (Wildman–Crippen MR) is 152 cm³/mol. The van der Waals surface area contributed by atoms with Crippen LogP contribution >= 0.6 is 11.3 Å². The zero-order chi connectivity index (χ0) is 29.1. The summed E-state index contributed by atoms with van der Waals surface area (Å²) < 4.78 is 16.3. The number of hydrogen-bond donors (Lipinski definition) is 1. The number of ketones is 1. The molecule has 1 fully saturated rings. The van der Waals surface area contributed by atoms with Crippen molar-refractivity contribution in [3.63, 3.8) is 0 Å². The van der Waals surface area contributed by atoms with Crippen molar-refractivity contribution in [3.8, 4) is 11.5 Å². The van der Waals surface area contributed by atoms with Crippen molar-refractivity contribution in [2.75, 3.05) is 25.2 Å². The number of ether oxygens (including phenoxy) is 3. The van der Waals surface area contributed by atoms with E-state index in [1.54, 1.807) is 31.2 Å². The van der Waals surface area contributed by atoms with Crippen LogP contribution in [-0.4, -0.2) is 48.1 Å². The van der Waals surface area contributed by atoms with Crippen LogP contribution in [0.4, 0.5) is 5.13 Å². The molecule has 1 unspecified atom stereocenters. The second-order valence-electron chi connectivity index (χ2n) is 9.13. The lowest BCUT2D eigenvalue weighted by Crippen LogP contribution is -2.29. The number of anilines is 1. The molecule has 10 heteroatoms. The van der Waals surface area contributed by atoms with Gasteiger partial charge in [-0.3, -0.25) is 14.5 Å². The Morgan fingerprint density at radius 3 is 2.58 bits per heavy atom. The molecule has 3 aromatic rings. The molecule has 208 valence electrons. The zero-order valence-electron chi connectivity index (χ0n) is 22.9. The van der Waals surface area contributed by atoms with Crippen molar-refractivity contribution in [1.82, 2.24) is 4.98 Å². The Kier molecular flexibility index (Phi) is 8.39. The standard InChI is InChI=1S/C30H30N2O7S/c1-7-13-39-29(36)27-18(5)31-30(40-27)32-24(19-11-12-21(38-8-2)22(15-19)37-6)23(26(34)28(32)35)25(33)20-14-16(3)9-10-17(20)4/h7,9-12,14-15,24,33H,1,8,13H2,2-6H3. The number of carbonyl (C=O) groups excluding carboxylic acids is 3. The summed E-state index contributed by atoms with van der Waals surface area (Å²) in [7, 11) is 1.49. The topological polar surface area (TPSA) is 115 Å². The molecule has 1 aliphatic rings. The van der Waals surface area contributed by atoms with Crippen LogP contribution in [0.5, 0.6) is 11.5 Å². The lowest BCUT2D eigenvalue weighted by Gasteiger charge is -2.24. The van der Waals surface area contributed by atoms with E-state index in [-0.39, 0.29) is 27.9 Å². The summed E-state index contributed by atoms with van der Waals surface area (Å²) in [6.07, 6.45) is 1.44. The molecule has 0 radical (unpaired) electrons. The Morgan fingerprint density at radius 2 is 1.90 bits per heavy atom. The maximum absolute atomic E-state index is 13.6. The Balaban J connectivity index is 1.95. The van der Waals surface area contributed by atoms with Gasteiger partial charge in [0.05, 0.1) is 31.0 Å². The molecule has 1 aromatic heterocycles. The molecule has 0 aliphatic carbocycles. The molecule has 1 saturated heterocycles. The fourth-order valence-corrected chi connectivity index (χ4v) is 5.47. The maximum Gasteiger partial charge on any atom is 0.350 e. The van der Waals surface area contributed by atoms with Gasteiger partial charge >= 0.3 is 11.9 Å². The van der Waals surface area contributed by atoms with Crippen LogP contribution < -0.4 is 14.4 Å². The van der Waals surface area contributed by atoms with Crippen LogP contribution in [0.2, 0.25) is 0 Å². The first kappa shape index (κ1) is 28.6. The lowest BCUT2D eigenvalue weighted by molar-refractivity contribution is -0.132. The fourth-order valence-electron chi connectivity index (χ4n) is 4.49. The van der Waals surface area contributed by atoms with Gasteiger partial charge in [0.25, 0.3) is 5.78 Å². The number of aliphatic hydroxyl groups is 1. The number of aryl methyl sites for hydroxylation is 3. The number of esters is 1. The van der Waals surface area contributed by atoms with Crippen LogP contribution in [0.3, 0.4) is 0 Å². The van der Waals surface area contributed by atoms with Crippen LogP contribution in [-0.2, 0) is 14.3 Å². The molecule has 4 rings (SSSR count). The van der Waals surface area contributed by atoms with Gasteiger partial charge < -0.3 is 19.3 Å². The van der Waals surface area contributed by atoms with E-state index in [4.69, 9.17) is 14.2 Å². The highest BCUT2D eigenvalue weighted by molar-refractivity contribution is 7.17. The minimum Gasteiger partial charge on any atom is -0.507 e. The number of benzene rings is 2. The molecule has 0 saturated carbocycles. The van der Waals surface area contributed by atoms with E-state index in [0.29, 0.717) is 34.9 Å². The fraction of sp³-hybridized carbons (Fsp3) is 0.267. The summed E-state index contributed by atoms with van der Waals surface area (Å²) in [5, 5.41) is 11.7. The summed E-state index contributed by atoms with van der Waals surface area (Å²) in [4.78, 5) is 45.6. The molecule has 9 nitrogen and oxygen atoms in total. The number of aromatic nitrogens is 1. The molecular formula is C30H30N2O7S. The quantitative estimate of drug-likeness (QED) is 0.120. The zero-order valence-corrected chi connectivity index (χ0v) is 23.8. The minimum atomic E-state index is -1.06. The van der Waals surface area contributed by atoms with Gasteiger partial charge in [-0.1, -0.05) is 47.8 Å². The van der Waals surface area contributed by atoms with Gasteiger partial charge in [-0.2, -0.15) is 0 Å². The molecule has 2 heterocycles. The monoisotopic (exact) mass is 562 g/mol. The van der Waals surface area contributed by atoms with E-state index >= 15 is 0 Å². The molecular weight excluding hydrogens is 532 g/mol. The van der Waals surface area contributed by atoms with Crippen molar-refractivity contribution in [2.24, 2.45) is 0 Å². The normalized spacial score (nSPS) is 16.2. The summed E-state index contributed by atoms with van der Waals surface area (Å²) in [6, 6.07) is 9.46. The predicted octanol–water partition coefficient (Wildman–Crippen LogP) is 5.44. The molecule has 1 N–H and O–H groups in total. The molecule has 1 aliphatic heterocycles. The van der Waals surface area contributed by atoms with E-state index in [9.17, 15) is 19.5 Å². The van der Waals surface area contributed by atoms with Crippen molar-refractivity contribution >= 4 is 39.9 Å². The summed E-state index contributed by atoms with van der Waals surface area (Å²) >= 11 is 0.929. The molecule has 0 bridgehead atoms. The molecule has 1 atom stereocenters. The van der Waals surface area contributed by atoms with Gasteiger partial charge in [0.2, 0.25) is 0 Å². The second-order valence-corrected chi connectivity index (χ2v) is 10.1. The first-order valence-electron chi connectivity index (χ1n) is 12.6. The van der Waals surface area contributed by atoms with Gasteiger partial charge in [0.15, 0.2) is 16.6 Å². The number of aliphatic hydroxyl groups excluding tert-OH is 1. The van der Waals surface area contributed by atoms with Gasteiger partial charge in [0.1, 0.15) is 17.2 Å². The lowest BCUT2D eigenvalue weighted by atomic mass is 9.93. The molecule has 40 heavy (non-hydrogen) atoms. The Labute approximate surface area is 236 Å². The number of rotatable bonds is 9. The Hall–Kier alpha value is -4.44. The third-order valence-electron chi connectivity index (χ3n) is 6.40. The Morgan fingerprint density at radius 1 is 1.15 bits per heavy atom. The first-order valence-corrected chi connectivity index (χ1v) is 13.4. The summed E-state index contributed by atoms with van der Waals surface area (Å²) in [6.45, 7) is 11.1. The highest BCUT2D eigenvalue weighted by Gasteiger charge is 2.48. The average Bonchev–Trinajstić information content (AvgIpc) is 3.45. The first-order chi connectivity index (χ1) is 19.1. The van der Waals surface area contributed by atoms with Crippen LogP contribution in [0.1, 0.15) is 50.6 Å². The number of carbonyl (C=O) groups is 3. The van der Waals surface area contributed by atoms with E-state index in [0.717, 1.165) is 22.5 Å². The number of amides is 1. The SMILES string of the molecule is C=CCOC(=O)c1sc(N2C(=O)C(=O)C(=C(O)c3cc(C)ccc3C)C2c2ccc(OCC)c(OC)c2)nc1C. The van der Waals surface area contributed by atoms with Crippen LogP contribution in [0.25, 0.3) is 5.76 Å². The third kappa shape index (κ3) is 5.22. The number of nitrogens with zero attached hydrogens (tertiary/aromatic N) is 2. The minimum absolute atomic E-state index is 0.0117. The summed E-state index contributed by atoms with van der Waals surface area (Å²) in [5.74, 6) is -1.81. The smallest absolute Gasteiger partial charge is 0.350 e.